The average molecular weight is 374 g/mol. The lowest BCUT2D eigenvalue weighted by Crippen LogP contribution is -2.43. The first-order valence-electron chi connectivity index (χ1n) is 10.0. The van der Waals surface area contributed by atoms with Gasteiger partial charge >= 0.3 is 5.97 Å². The van der Waals surface area contributed by atoms with Gasteiger partial charge in [0.1, 0.15) is 6.04 Å². The molecule has 27 heavy (non-hydrogen) atoms. The summed E-state index contributed by atoms with van der Waals surface area (Å²) in [5.41, 5.74) is 3.57. The fraction of sp³-hybridized carbons (Fsp3) is 0.750. The molecule has 1 amide bonds. The average Bonchev–Trinajstić information content (AvgIpc) is 3.37. The molecule has 1 aromatic heterocycles. The van der Waals surface area contributed by atoms with Crippen LogP contribution in [0.4, 0.5) is 0 Å². The first-order valence-corrected chi connectivity index (χ1v) is 10.0. The van der Waals surface area contributed by atoms with E-state index in [1.807, 2.05) is 11.7 Å². The Bertz CT molecular complexity index is 760. The number of amides is 1. The second-order valence-corrected chi connectivity index (χ2v) is 8.85. The number of carbonyl (C=O) groups is 2. The molecule has 7 nitrogen and oxygen atoms in total. The van der Waals surface area contributed by atoms with E-state index < -0.39 is 12.0 Å². The minimum absolute atomic E-state index is 0.0247. The van der Waals surface area contributed by atoms with E-state index in [1.54, 1.807) is 4.90 Å². The van der Waals surface area contributed by atoms with E-state index in [4.69, 9.17) is 0 Å². The third-order valence-electron chi connectivity index (χ3n) is 6.96. The topological polar surface area (TPSA) is 78.7 Å². The normalized spacial score (nSPS) is 25.3. The van der Waals surface area contributed by atoms with E-state index in [0.717, 1.165) is 51.0 Å². The predicted octanol–water partition coefficient (Wildman–Crippen LogP) is 1.71. The van der Waals surface area contributed by atoms with E-state index >= 15 is 0 Å². The van der Waals surface area contributed by atoms with Crippen molar-refractivity contribution in [1.82, 2.24) is 19.6 Å². The third-order valence-corrected chi connectivity index (χ3v) is 6.96. The molecule has 1 aromatic rings. The van der Waals surface area contributed by atoms with Crippen LogP contribution in [-0.4, -0.2) is 62.2 Å². The van der Waals surface area contributed by atoms with Crippen molar-refractivity contribution in [3.8, 4) is 0 Å². The van der Waals surface area contributed by atoms with E-state index in [0.29, 0.717) is 13.0 Å². The smallest absolute Gasteiger partial charge is 0.326 e. The molecule has 3 aliphatic rings. The molecule has 1 unspecified atom stereocenters. The zero-order chi connectivity index (χ0) is 19.3. The maximum absolute atomic E-state index is 12.6. The van der Waals surface area contributed by atoms with Crippen molar-refractivity contribution in [2.24, 2.45) is 18.4 Å². The number of carbonyl (C=O) groups excluding carboxylic acids is 1. The van der Waals surface area contributed by atoms with Crippen LogP contribution in [0.3, 0.4) is 0 Å². The Hall–Kier alpha value is -1.89. The highest BCUT2D eigenvalue weighted by molar-refractivity contribution is 5.87. The molecule has 1 atom stereocenters. The number of aliphatic carboxylic acids is 1. The van der Waals surface area contributed by atoms with Gasteiger partial charge in [0.15, 0.2) is 0 Å². The van der Waals surface area contributed by atoms with Crippen molar-refractivity contribution < 1.29 is 14.7 Å². The number of rotatable bonds is 4. The Morgan fingerprint density at radius 2 is 1.89 bits per heavy atom. The van der Waals surface area contributed by atoms with E-state index in [9.17, 15) is 14.7 Å². The van der Waals surface area contributed by atoms with Crippen molar-refractivity contribution in [3.63, 3.8) is 0 Å². The Labute approximate surface area is 160 Å². The standard InChI is InChI=1S/C20H30N4O3/c1-13-16(14(2)22(3)21-13)11-23-8-6-20(7-9-23)10-17(19(26)27)24(12-20)18(25)15-4-5-15/h15,17H,4-12H2,1-3H3,(H,26,27). The number of hydrogen-bond donors (Lipinski definition) is 1. The van der Waals surface area contributed by atoms with Crippen LogP contribution in [0, 0.1) is 25.2 Å². The number of piperidine rings is 1. The minimum Gasteiger partial charge on any atom is -0.480 e. The summed E-state index contributed by atoms with van der Waals surface area (Å²) in [4.78, 5) is 28.5. The summed E-state index contributed by atoms with van der Waals surface area (Å²) in [7, 11) is 1.98. The Morgan fingerprint density at radius 1 is 1.22 bits per heavy atom. The molecular formula is C20H30N4O3. The fourth-order valence-corrected chi connectivity index (χ4v) is 4.89. The van der Waals surface area contributed by atoms with Gasteiger partial charge in [0.2, 0.25) is 5.91 Å². The third kappa shape index (κ3) is 3.37. The first-order chi connectivity index (χ1) is 12.8. The van der Waals surface area contributed by atoms with E-state index in [1.165, 1.54) is 11.3 Å². The molecule has 148 valence electrons. The minimum atomic E-state index is -0.843. The molecule has 2 saturated heterocycles. The van der Waals surface area contributed by atoms with Gasteiger partial charge in [-0.3, -0.25) is 14.4 Å². The summed E-state index contributed by atoms with van der Waals surface area (Å²) in [6.07, 6.45) is 4.38. The summed E-state index contributed by atoms with van der Waals surface area (Å²) >= 11 is 0. The van der Waals surface area contributed by atoms with Gasteiger partial charge in [0, 0.05) is 37.3 Å². The molecule has 0 aromatic carbocycles. The molecule has 0 bridgehead atoms. The van der Waals surface area contributed by atoms with Crippen LogP contribution in [0.5, 0.6) is 0 Å². The number of likely N-dealkylation sites (tertiary alicyclic amines) is 2. The highest BCUT2D eigenvalue weighted by atomic mass is 16.4. The molecule has 1 saturated carbocycles. The highest BCUT2D eigenvalue weighted by Crippen LogP contribution is 2.45. The van der Waals surface area contributed by atoms with Gasteiger partial charge in [-0.1, -0.05) is 0 Å². The predicted molar refractivity (Wildman–Crippen MR) is 100 cm³/mol. The molecule has 3 fully saturated rings. The molecule has 1 aliphatic carbocycles. The number of hydrogen-bond acceptors (Lipinski definition) is 4. The number of aromatic nitrogens is 2. The number of aryl methyl sites for hydroxylation is 2. The second-order valence-electron chi connectivity index (χ2n) is 8.85. The van der Waals surface area contributed by atoms with Crippen molar-refractivity contribution >= 4 is 11.9 Å². The van der Waals surface area contributed by atoms with Gasteiger partial charge < -0.3 is 10.0 Å². The lowest BCUT2D eigenvalue weighted by molar-refractivity contribution is -0.148. The Balaban J connectivity index is 1.42. The second kappa shape index (κ2) is 6.62. The van der Waals surface area contributed by atoms with Gasteiger partial charge in [-0.25, -0.2) is 4.79 Å². The van der Waals surface area contributed by atoms with Crippen molar-refractivity contribution in [2.45, 2.75) is 58.5 Å². The van der Waals surface area contributed by atoms with E-state index in [2.05, 4.69) is 23.8 Å². The van der Waals surface area contributed by atoms with Crippen molar-refractivity contribution in [2.75, 3.05) is 19.6 Å². The SMILES string of the molecule is Cc1nn(C)c(C)c1CN1CCC2(CC1)CC(C(=O)O)N(C(=O)C1CC1)C2. The van der Waals surface area contributed by atoms with Gasteiger partial charge in [0.05, 0.1) is 5.69 Å². The molecular weight excluding hydrogens is 344 g/mol. The summed E-state index contributed by atoms with van der Waals surface area (Å²) in [6.45, 7) is 7.59. The lowest BCUT2D eigenvalue weighted by atomic mass is 9.76. The summed E-state index contributed by atoms with van der Waals surface area (Å²) < 4.78 is 1.94. The van der Waals surface area contributed by atoms with Gasteiger partial charge in [-0.05, 0) is 64.5 Å². The molecule has 1 spiro atoms. The fourth-order valence-electron chi connectivity index (χ4n) is 4.89. The maximum atomic E-state index is 12.6. The van der Waals surface area contributed by atoms with Crippen LogP contribution in [0.2, 0.25) is 0 Å². The Kier molecular flexibility index (Phi) is 4.53. The summed E-state index contributed by atoms with van der Waals surface area (Å²) in [6, 6.07) is -0.632. The number of carboxylic acids is 1. The molecule has 3 heterocycles. The molecule has 4 rings (SSSR count). The highest BCUT2D eigenvalue weighted by Gasteiger charge is 2.51. The number of carboxylic acid groups (broad SMARTS) is 1. The van der Waals surface area contributed by atoms with Crippen LogP contribution in [0.1, 0.15) is 49.1 Å². The van der Waals surface area contributed by atoms with Crippen LogP contribution < -0.4 is 0 Å². The van der Waals surface area contributed by atoms with Crippen molar-refractivity contribution in [1.29, 1.82) is 0 Å². The lowest BCUT2D eigenvalue weighted by Gasteiger charge is -2.39. The monoisotopic (exact) mass is 374 g/mol. The zero-order valence-electron chi connectivity index (χ0n) is 16.6. The van der Waals surface area contributed by atoms with Crippen LogP contribution >= 0.6 is 0 Å². The molecule has 1 N–H and O–H groups in total. The number of nitrogens with zero attached hydrogens (tertiary/aromatic N) is 4. The van der Waals surface area contributed by atoms with Gasteiger partial charge in [-0.2, -0.15) is 5.10 Å². The van der Waals surface area contributed by atoms with Gasteiger partial charge in [-0.15, -0.1) is 0 Å². The van der Waals surface area contributed by atoms with Crippen LogP contribution in [0.15, 0.2) is 0 Å². The largest absolute Gasteiger partial charge is 0.480 e. The summed E-state index contributed by atoms with van der Waals surface area (Å²) in [5, 5.41) is 14.2. The Morgan fingerprint density at radius 3 is 2.41 bits per heavy atom. The van der Waals surface area contributed by atoms with Crippen LogP contribution in [0.25, 0.3) is 0 Å². The molecule has 0 radical (unpaired) electrons. The van der Waals surface area contributed by atoms with Crippen LogP contribution in [-0.2, 0) is 23.2 Å². The van der Waals surface area contributed by atoms with Crippen molar-refractivity contribution in [3.05, 3.63) is 17.0 Å². The molecule has 2 aliphatic heterocycles. The molecule has 7 heteroatoms. The van der Waals surface area contributed by atoms with Gasteiger partial charge in [0.25, 0.3) is 0 Å². The summed E-state index contributed by atoms with van der Waals surface area (Å²) in [5.74, 6) is -0.688. The first kappa shape index (κ1) is 18.5. The quantitative estimate of drug-likeness (QED) is 0.868. The van der Waals surface area contributed by atoms with E-state index in [-0.39, 0.29) is 17.2 Å². The zero-order valence-corrected chi connectivity index (χ0v) is 16.6. The maximum Gasteiger partial charge on any atom is 0.326 e.